The molecule has 0 saturated carbocycles. The lowest BCUT2D eigenvalue weighted by Gasteiger charge is -2.38. The van der Waals surface area contributed by atoms with Gasteiger partial charge >= 0.3 is 6.03 Å². The SMILES string of the molecule is O=C(/C=C/c1ccc(F)cc1)N1CCN(C(=O)N2CCOCC2)CC1. The Morgan fingerprint density at radius 3 is 2.08 bits per heavy atom. The second-order valence-electron chi connectivity index (χ2n) is 6.08. The van der Waals surface area contributed by atoms with E-state index in [0.717, 1.165) is 5.56 Å². The Morgan fingerprint density at radius 1 is 0.880 bits per heavy atom. The summed E-state index contributed by atoms with van der Waals surface area (Å²) in [5.41, 5.74) is 0.774. The first-order valence-corrected chi connectivity index (χ1v) is 8.47. The van der Waals surface area contributed by atoms with E-state index in [1.165, 1.54) is 18.2 Å². The molecule has 0 N–H and O–H groups in total. The normalized spacial score (nSPS) is 18.7. The van der Waals surface area contributed by atoms with Gasteiger partial charge in [-0.2, -0.15) is 0 Å². The van der Waals surface area contributed by atoms with Crippen LogP contribution in [0.2, 0.25) is 0 Å². The Kier molecular flexibility index (Phi) is 5.65. The van der Waals surface area contributed by atoms with Crippen molar-refractivity contribution in [3.63, 3.8) is 0 Å². The molecular formula is C18H22FN3O3. The molecule has 2 fully saturated rings. The van der Waals surface area contributed by atoms with E-state index in [9.17, 15) is 14.0 Å². The summed E-state index contributed by atoms with van der Waals surface area (Å²) in [4.78, 5) is 30.0. The van der Waals surface area contributed by atoms with Crippen LogP contribution >= 0.6 is 0 Å². The average molecular weight is 347 g/mol. The van der Waals surface area contributed by atoms with Crippen LogP contribution in [0, 0.1) is 5.82 Å². The van der Waals surface area contributed by atoms with E-state index in [1.807, 2.05) is 0 Å². The maximum Gasteiger partial charge on any atom is 0.320 e. The number of hydrogen-bond donors (Lipinski definition) is 0. The van der Waals surface area contributed by atoms with E-state index in [-0.39, 0.29) is 17.8 Å². The monoisotopic (exact) mass is 347 g/mol. The van der Waals surface area contributed by atoms with Gasteiger partial charge < -0.3 is 19.4 Å². The molecule has 0 radical (unpaired) electrons. The molecule has 2 heterocycles. The van der Waals surface area contributed by atoms with Crippen molar-refractivity contribution in [3.8, 4) is 0 Å². The summed E-state index contributed by atoms with van der Waals surface area (Å²) in [7, 11) is 0. The highest BCUT2D eigenvalue weighted by Gasteiger charge is 2.27. The van der Waals surface area contributed by atoms with Gasteiger partial charge in [0.1, 0.15) is 5.82 Å². The molecule has 2 aliphatic heterocycles. The fourth-order valence-corrected chi connectivity index (χ4v) is 2.92. The largest absolute Gasteiger partial charge is 0.378 e. The fourth-order valence-electron chi connectivity index (χ4n) is 2.92. The Morgan fingerprint density at radius 2 is 1.44 bits per heavy atom. The van der Waals surface area contributed by atoms with Gasteiger partial charge in [-0.05, 0) is 23.8 Å². The van der Waals surface area contributed by atoms with Gasteiger partial charge in [-0.25, -0.2) is 9.18 Å². The number of hydrogen-bond acceptors (Lipinski definition) is 3. The maximum absolute atomic E-state index is 12.9. The van der Waals surface area contributed by atoms with Gasteiger partial charge in [-0.3, -0.25) is 4.79 Å². The molecule has 25 heavy (non-hydrogen) atoms. The van der Waals surface area contributed by atoms with Crippen molar-refractivity contribution in [2.24, 2.45) is 0 Å². The van der Waals surface area contributed by atoms with E-state index >= 15 is 0 Å². The molecule has 134 valence electrons. The first-order chi connectivity index (χ1) is 12.1. The van der Waals surface area contributed by atoms with E-state index in [4.69, 9.17) is 4.74 Å². The number of halogens is 1. The summed E-state index contributed by atoms with van der Waals surface area (Å²) in [6.45, 7) is 4.51. The maximum atomic E-state index is 12.9. The standard InChI is InChI=1S/C18H22FN3O3/c19-16-4-1-15(2-5-16)3-6-17(23)20-7-9-21(10-8-20)18(24)22-11-13-25-14-12-22/h1-6H,7-14H2/b6-3+. The van der Waals surface area contributed by atoms with Crippen LogP contribution in [0.3, 0.4) is 0 Å². The molecule has 0 aliphatic carbocycles. The van der Waals surface area contributed by atoms with Gasteiger partial charge in [0.15, 0.2) is 0 Å². The highest BCUT2D eigenvalue weighted by molar-refractivity contribution is 5.92. The van der Waals surface area contributed by atoms with Gasteiger partial charge in [0, 0.05) is 45.3 Å². The van der Waals surface area contributed by atoms with Crippen molar-refractivity contribution in [2.45, 2.75) is 0 Å². The van der Waals surface area contributed by atoms with Gasteiger partial charge in [-0.15, -0.1) is 0 Å². The number of carbonyl (C=O) groups excluding carboxylic acids is 2. The van der Waals surface area contributed by atoms with Crippen LogP contribution in [0.25, 0.3) is 6.08 Å². The Hall–Kier alpha value is -2.41. The van der Waals surface area contributed by atoms with E-state index in [2.05, 4.69) is 0 Å². The molecule has 6 nitrogen and oxygen atoms in total. The number of amides is 3. The molecular weight excluding hydrogens is 325 g/mol. The minimum absolute atomic E-state index is 0.0252. The molecule has 1 aromatic rings. The second kappa shape index (κ2) is 8.11. The number of benzene rings is 1. The number of morpholine rings is 1. The van der Waals surface area contributed by atoms with Crippen molar-refractivity contribution in [1.82, 2.24) is 14.7 Å². The number of carbonyl (C=O) groups is 2. The zero-order valence-corrected chi connectivity index (χ0v) is 14.1. The van der Waals surface area contributed by atoms with Crippen molar-refractivity contribution in [3.05, 3.63) is 41.7 Å². The van der Waals surface area contributed by atoms with Crippen LogP contribution < -0.4 is 0 Å². The van der Waals surface area contributed by atoms with Crippen LogP contribution in [0.4, 0.5) is 9.18 Å². The molecule has 3 rings (SSSR count). The predicted octanol–water partition coefficient (Wildman–Crippen LogP) is 1.44. The third kappa shape index (κ3) is 4.57. The minimum atomic E-state index is -0.301. The number of ether oxygens (including phenoxy) is 1. The first kappa shape index (κ1) is 17.4. The molecule has 7 heteroatoms. The summed E-state index contributed by atoms with van der Waals surface area (Å²) in [5.74, 6) is -0.396. The van der Waals surface area contributed by atoms with Gasteiger partial charge in [0.2, 0.25) is 5.91 Å². The number of nitrogens with zero attached hydrogens (tertiary/aromatic N) is 3. The lowest BCUT2D eigenvalue weighted by Crippen LogP contribution is -2.55. The molecule has 3 amide bonds. The zero-order chi connectivity index (χ0) is 17.6. The molecule has 0 aromatic heterocycles. The predicted molar refractivity (Wildman–Crippen MR) is 91.4 cm³/mol. The quantitative estimate of drug-likeness (QED) is 0.761. The molecule has 0 atom stereocenters. The van der Waals surface area contributed by atoms with Crippen molar-refractivity contribution < 1.29 is 18.7 Å². The third-order valence-electron chi connectivity index (χ3n) is 4.43. The molecule has 0 spiro atoms. The topological polar surface area (TPSA) is 53.1 Å². The first-order valence-electron chi connectivity index (χ1n) is 8.47. The second-order valence-corrected chi connectivity index (χ2v) is 6.08. The van der Waals surface area contributed by atoms with Gasteiger partial charge in [0.05, 0.1) is 13.2 Å². The summed E-state index contributed by atoms with van der Waals surface area (Å²) >= 11 is 0. The summed E-state index contributed by atoms with van der Waals surface area (Å²) < 4.78 is 18.1. The van der Waals surface area contributed by atoms with E-state index in [1.54, 1.807) is 32.9 Å². The van der Waals surface area contributed by atoms with Crippen LogP contribution in [0.1, 0.15) is 5.56 Å². The number of piperazine rings is 1. The van der Waals surface area contributed by atoms with Crippen LogP contribution in [-0.4, -0.2) is 79.1 Å². The zero-order valence-electron chi connectivity index (χ0n) is 14.1. The van der Waals surface area contributed by atoms with E-state index in [0.29, 0.717) is 52.5 Å². The Bertz CT molecular complexity index is 633. The van der Waals surface area contributed by atoms with Crippen molar-refractivity contribution in [1.29, 1.82) is 0 Å². The van der Waals surface area contributed by atoms with Gasteiger partial charge in [-0.1, -0.05) is 12.1 Å². The molecule has 0 bridgehead atoms. The highest BCUT2D eigenvalue weighted by atomic mass is 19.1. The third-order valence-corrected chi connectivity index (χ3v) is 4.43. The number of urea groups is 1. The lowest BCUT2D eigenvalue weighted by molar-refractivity contribution is -0.127. The van der Waals surface area contributed by atoms with Crippen molar-refractivity contribution in [2.75, 3.05) is 52.5 Å². The molecule has 1 aromatic carbocycles. The van der Waals surface area contributed by atoms with E-state index < -0.39 is 0 Å². The molecule has 0 unspecified atom stereocenters. The Labute approximate surface area is 146 Å². The Balaban J connectivity index is 1.48. The van der Waals surface area contributed by atoms with Gasteiger partial charge in [0.25, 0.3) is 0 Å². The lowest BCUT2D eigenvalue weighted by atomic mass is 10.2. The molecule has 2 aliphatic rings. The molecule has 2 saturated heterocycles. The minimum Gasteiger partial charge on any atom is -0.378 e. The fraction of sp³-hybridized carbons (Fsp3) is 0.444. The number of rotatable bonds is 2. The average Bonchev–Trinajstić information content (AvgIpc) is 2.67. The van der Waals surface area contributed by atoms with Crippen molar-refractivity contribution >= 4 is 18.0 Å². The van der Waals surface area contributed by atoms with Crippen LogP contribution in [0.15, 0.2) is 30.3 Å². The summed E-state index contributed by atoms with van der Waals surface area (Å²) in [6, 6.07) is 5.99. The van der Waals surface area contributed by atoms with Crippen LogP contribution in [-0.2, 0) is 9.53 Å². The smallest absolute Gasteiger partial charge is 0.320 e. The summed E-state index contributed by atoms with van der Waals surface area (Å²) in [6.07, 6.45) is 3.17. The highest BCUT2D eigenvalue weighted by Crippen LogP contribution is 2.10. The van der Waals surface area contributed by atoms with Crippen LogP contribution in [0.5, 0.6) is 0 Å². The summed E-state index contributed by atoms with van der Waals surface area (Å²) in [5, 5.41) is 0.